The molecule has 0 saturated carbocycles. The molecule has 3 rings (SSSR count). The maximum absolute atomic E-state index is 5.62. The Morgan fingerprint density at radius 3 is 2.64 bits per heavy atom. The number of para-hydroxylation sites is 1. The van der Waals surface area contributed by atoms with E-state index < -0.39 is 0 Å². The van der Waals surface area contributed by atoms with Crippen molar-refractivity contribution >= 4 is 11.7 Å². The predicted molar refractivity (Wildman–Crippen MR) is 88.6 cm³/mol. The number of aliphatic imine (C=N–C) groups is 1. The average Bonchev–Trinajstić information content (AvgIpc) is 2.98. The molecule has 0 saturated heterocycles. The van der Waals surface area contributed by atoms with Gasteiger partial charge < -0.3 is 14.8 Å². The van der Waals surface area contributed by atoms with Crippen LogP contribution in [-0.4, -0.2) is 25.3 Å². The van der Waals surface area contributed by atoms with E-state index in [-0.39, 0.29) is 6.04 Å². The molecular formula is C18H20N2O2. The smallest absolute Gasteiger partial charge is 0.289 e. The first-order valence-corrected chi connectivity index (χ1v) is 7.58. The Labute approximate surface area is 130 Å². The second kappa shape index (κ2) is 6.98. The Hall–Kier alpha value is -2.49. The highest BCUT2D eigenvalue weighted by Crippen LogP contribution is 2.17. The largest absolute Gasteiger partial charge is 0.494 e. The summed E-state index contributed by atoms with van der Waals surface area (Å²) < 4.78 is 11.1. The van der Waals surface area contributed by atoms with Crippen molar-refractivity contribution in [2.24, 2.45) is 4.99 Å². The van der Waals surface area contributed by atoms with E-state index in [0.717, 1.165) is 17.9 Å². The van der Waals surface area contributed by atoms with Crippen LogP contribution in [0.1, 0.15) is 12.5 Å². The molecule has 1 heterocycles. The number of nitrogens with one attached hydrogen (secondary N) is 1. The van der Waals surface area contributed by atoms with Crippen LogP contribution in [-0.2, 0) is 11.2 Å². The van der Waals surface area contributed by atoms with Crippen molar-refractivity contribution in [1.82, 2.24) is 0 Å². The highest BCUT2D eigenvalue weighted by Gasteiger charge is 2.19. The van der Waals surface area contributed by atoms with Crippen LogP contribution in [0.4, 0.5) is 5.69 Å². The van der Waals surface area contributed by atoms with Crippen LogP contribution in [0.3, 0.4) is 0 Å². The van der Waals surface area contributed by atoms with Gasteiger partial charge in [0.2, 0.25) is 0 Å². The summed E-state index contributed by atoms with van der Waals surface area (Å²) in [5, 5.41) is 3.19. The Kier molecular flexibility index (Phi) is 4.59. The van der Waals surface area contributed by atoms with Gasteiger partial charge in [-0.3, -0.25) is 0 Å². The first-order chi connectivity index (χ1) is 10.8. The lowest BCUT2D eigenvalue weighted by Crippen LogP contribution is -2.11. The van der Waals surface area contributed by atoms with Crippen LogP contribution in [0, 0.1) is 0 Å². The van der Waals surface area contributed by atoms with Crippen LogP contribution >= 0.6 is 0 Å². The van der Waals surface area contributed by atoms with Crippen LogP contribution < -0.4 is 10.1 Å². The second-order valence-corrected chi connectivity index (χ2v) is 5.17. The van der Waals surface area contributed by atoms with Crippen molar-refractivity contribution in [3.8, 4) is 5.75 Å². The normalized spacial score (nSPS) is 16.8. The van der Waals surface area contributed by atoms with E-state index in [1.165, 1.54) is 5.56 Å². The predicted octanol–water partition coefficient (Wildman–Crippen LogP) is 3.49. The van der Waals surface area contributed by atoms with Gasteiger partial charge in [0.05, 0.1) is 12.6 Å². The van der Waals surface area contributed by atoms with Crippen molar-refractivity contribution in [3.05, 3.63) is 60.2 Å². The number of amidine groups is 1. The van der Waals surface area contributed by atoms with Crippen molar-refractivity contribution in [1.29, 1.82) is 0 Å². The minimum Gasteiger partial charge on any atom is -0.494 e. The fourth-order valence-electron chi connectivity index (χ4n) is 2.39. The van der Waals surface area contributed by atoms with E-state index in [2.05, 4.69) is 22.4 Å². The van der Waals surface area contributed by atoms with Gasteiger partial charge in [0.1, 0.15) is 12.4 Å². The van der Waals surface area contributed by atoms with Gasteiger partial charge >= 0.3 is 0 Å². The molecule has 2 aromatic rings. The van der Waals surface area contributed by atoms with Gasteiger partial charge in [-0.05, 0) is 43.2 Å². The zero-order valence-corrected chi connectivity index (χ0v) is 12.7. The number of ether oxygens (including phenoxy) is 2. The number of nitrogens with zero attached hydrogens (tertiary/aromatic N) is 1. The summed E-state index contributed by atoms with van der Waals surface area (Å²) in [7, 11) is 0. The summed E-state index contributed by atoms with van der Waals surface area (Å²) in [5.74, 6) is 0.906. The van der Waals surface area contributed by atoms with Gasteiger partial charge in [0.15, 0.2) is 0 Å². The Morgan fingerprint density at radius 2 is 1.91 bits per heavy atom. The molecule has 1 atom stereocenters. The van der Waals surface area contributed by atoms with Crippen LogP contribution in [0.2, 0.25) is 0 Å². The van der Waals surface area contributed by atoms with E-state index in [9.17, 15) is 0 Å². The fraction of sp³-hybridized carbons (Fsp3) is 0.278. The quantitative estimate of drug-likeness (QED) is 0.918. The highest BCUT2D eigenvalue weighted by atomic mass is 16.5. The zero-order valence-electron chi connectivity index (χ0n) is 12.7. The lowest BCUT2D eigenvalue weighted by molar-refractivity contribution is 0.315. The topological polar surface area (TPSA) is 42.9 Å². The van der Waals surface area contributed by atoms with E-state index >= 15 is 0 Å². The van der Waals surface area contributed by atoms with E-state index in [1.807, 2.05) is 49.4 Å². The van der Waals surface area contributed by atoms with Crippen molar-refractivity contribution in [2.45, 2.75) is 19.4 Å². The van der Waals surface area contributed by atoms with E-state index in [0.29, 0.717) is 19.2 Å². The number of hydrogen-bond donors (Lipinski definition) is 1. The van der Waals surface area contributed by atoms with E-state index in [4.69, 9.17) is 9.47 Å². The molecule has 1 N–H and O–H groups in total. The molecule has 2 aromatic carbocycles. The monoisotopic (exact) mass is 296 g/mol. The SMILES string of the molecule is CCOc1ccc(CC2COC(Nc3ccccc3)=N2)cc1. The van der Waals surface area contributed by atoms with Gasteiger partial charge in [-0.2, -0.15) is 0 Å². The van der Waals surface area contributed by atoms with Gasteiger partial charge in [0, 0.05) is 5.69 Å². The molecule has 1 unspecified atom stereocenters. The van der Waals surface area contributed by atoms with Crippen LogP contribution in [0.25, 0.3) is 0 Å². The first-order valence-electron chi connectivity index (χ1n) is 7.58. The molecule has 0 aliphatic carbocycles. The molecule has 22 heavy (non-hydrogen) atoms. The molecule has 0 radical (unpaired) electrons. The molecule has 4 nitrogen and oxygen atoms in total. The lowest BCUT2D eigenvalue weighted by atomic mass is 10.1. The maximum Gasteiger partial charge on any atom is 0.289 e. The van der Waals surface area contributed by atoms with Gasteiger partial charge in [-0.1, -0.05) is 30.3 Å². The van der Waals surface area contributed by atoms with Crippen molar-refractivity contribution < 1.29 is 9.47 Å². The number of hydrogen-bond acceptors (Lipinski definition) is 4. The van der Waals surface area contributed by atoms with Gasteiger partial charge in [0.25, 0.3) is 6.02 Å². The fourth-order valence-corrected chi connectivity index (χ4v) is 2.39. The third-order valence-corrected chi connectivity index (χ3v) is 3.44. The number of rotatable bonds is 5. The Bertz CT molecular complexity index is 623. The van der Waals surface area contributed by atoms with Gasteiger partial charge in [-0.25, -0.2) is 4.99 Å². The summed E-state index contributed by atoms with van der Waals surface area (Å²) in [4.78, 5) is 4.59. The van der Waals surface area contributed by atoms with Crippen molar-refractivity contribution in [3.63, 3.8) is 0 Å². The standard InChI is InChI=1S/C18H20N2O2/c1-2-21-17-10-8-14(9-11-17)12-16-13-22-18(20-16)19-15-6-4-3-5-7-15/h3-11,16H,2,12-13H2,1H3,(H,19,20). The Morgan fingerprint density at radius 1 is 1.14 bits per heavy atom. The molecule has 114 valence electrons. The minimum atomic E-state index is 0.157. The minimum absolute atomic E-state index is 0.157. The highest BCUT2D eigenvalue weighted by molar-refractivity contribution is 5.90. The number of anilines is 1. The molecule has 0 spiro atoms. The molecule has 0 bridgehead atoms. The molecule has 0 fully saturated rings. The molecular weight excluding hydrogens is 276 g/mol. The van der Waals surface area contributed by atoms with Crippen LogP contribution in [0.5, 0.6) is 5.75 Å². The molecule has 0 aromatic heterocycles. The lowest BCUT2D eigenvalue weighted by Gasteiger charge is -2.07. The maximum atomic E-state index is 5.62. The summed E-state index contributed by atoms with van der Waals surface area (Å²) in [5.41, 5.74) is 2.23. The summed E-state index contributed by atoms with van der Waals surface area (Å²) in [6.45, 7) is 3.29. The third kappa shape index (κ3) is 3.79. The number of benzene rings is 2. The van der Waals surface area contributed by atoms with Crippen LogP contribution in [0.15, 0.2) is 59.6 Å². The zero-order chi connectivity index (χ0) is 15.2. The first kappa shape index (κ1) is 14.4. The summed E-state index contributed by atoms with van der Waals surface area (Å²) >= 11 is 0. The molecule has 0 amide bonds. The Balaban J connectivity index is 1.57. The molecule has 4 heteroatoms. The van der Waals surface area contributed by atoms with E-state index in [1.54, 1.807) is 0 Å². The molecule has 1 aliphatic heterocycles. The third-order valence-electron chi connectivity index (χ3n) is 3.44. The average molecular weight is 296 g/mol. The molecule has 1 aliphatic rings. The summed E-state index contributed by atoms with van der Waals surface area (Å²) in [6, 6.07) is 18.9. The summed E-state index contributed by atoms with van der Waals surface area (Å²) in [6.07, 6.45) is 0.867. The van der Waals surface area contributed by atoms with Crippen molar-refractivity contribution in [2.75, 3.05) is 18.5 Å². The van der Waals surface area contributed by atoms with Gasteiger partial charge in [-0.15, -0.1) is 0 Å². The second-order valence-electron chi connectivity index (χ2n) is 5.17.